The van der Waals surface area contributed by atoms with Gasteiger partial charge in [-0.2, -0.15) is 0 Å². The van der Waals surface area contributed by atoms with Crippen LogP contribution in [0.1, 0.15) is 25.6 Å². The quantitative estimate of drug-likeness (QED) is 0.711. The molecule has 0 fully saturated rings. The standard InChI is InChI=1S/C11H17N3/c1-4-6-10(5-2)13-9-11-12-7-8-14(11)3/h1,7-8,10,13H,5-6,9H2,2-3H3. The van der Waals surface area contributed by atoms with E-state index in [-0.39, 0.29) is 0 Å². The Bertz CT molecular complexity index is 309. The van der Waals surface area contributed by atoms with Crippen molar-refractivity contribution in [3.63, 3.8) is 0 Å². The SMILES string of the molecule is C#CCC(CC)NCc1nccn1C. The number of hydrogen-bond donors (Lipinski definition) is 1. The minimum atomic E-state index is 0.400. The van der Waals surface area contributed by atoms with E-state index in [1.54, 1.807) is 6.20 Å². The van der Waals surface area contributed by atoms with Crippen LogP contribution in [-0.4, -0.2) is 15.6 Å². The number of aromatic nitrogens is 2. The minimum absolute atomic E-state index is 0.400. The highest BCUT2D eigenvalue weighted by molar-refractivity contribution is 4.93. The molecular weight excluding hydrogens is 174 g/mol. The van der Waals surface area contributed by atoms with Crippen LogP contribution in [0, 0.1) is 12.3 Å². The Labute approximate surface area is 85.5 Å². The van der Waals surface area contributed by atoms with Gasteiger partial charge in [0.15, 0.2) is 0 Å². The summed E-state index contributed by atoms with van der Waals surface area (Å²) < 4.78 is 2.01. The Morgan fingerprint density at radius 3 is 3.00 bits per heavy atom. The van der Waals surface area contributed by atoms with Gasteiger partial charge in [0.2, 0.25) is 0 Å². The Morgan fingerprint density at radius 2 is 2.50 bits per heavy atom. The fourth-order valence-corrected chi connectivity index (χ4v) is 1.31. The van der Waals surface area contributed by atoms with Gasteiger partial charge in [0.1, 0.15) is 5.82 Å². The van der Waals surface area contributed by atoms with E-state index in [2.05, 4.69) is 23.1 Å². The van der Waals surface area contributed by atoms with Gasteiger partial charge in [-0.1, -0.05) is 6.92 Å². The fraction of sp³-hybridized carbons (Fsp3) is 0.545. The molecule has 1 aromatic rings. The number of terminal acetylenes is 1. The third-order valence-corrected chi connectivity index (χ3v) is 2.33. The number of imidazole rings is 1. The zero-order valence-corrected chi connectivity index (χ0v) is 8.83. The summed E-state index contributed by atoms with van der Waals surface area (Å²) in [5.74, 6) is 3.72. The molecule has 1 rings (SSSR count). The molecule has 0 saturated heterocycles. The van der Waals surface area contributed by atoms with Gasteiger partial charge in [-0.15, -0.1) is 12.3 Å². The predicted molar refractivity (Wildman–Crippen MR) is 57.6 cm³/mol. The third-order valence-electron chi connectivity index (χ3n) is 2.33. The molecule has 0 saturated carbocycles. The maximum absolute atomic E-state index is 5.27. The van der Waals surface area contributed by atoms with Gasteiger partial charge in [-0.05, 0) is 6.42 Å². The lowest BCUT2D eigenvalue weighted by Gasteiger charge is -2.13. The summed E-state index contributed by atoms with van der Waals surface area (Å²) in [5, 5.41) is 3.39. The summed E-state index contributed by atoms with van der Waals surface area (Å²) in [6, 6.07) is 0.400. The van der Waals surface area contributed by atoms with Crippen molar-refractivity contribution in [3.05, 3.63) is 18.2 Å². The zero-order valence-electron chi connectivity index (χ0n) is 8.83. The van der Waals surface area contributed by atoms with Crippen LogP contribution in [-0.2, 0) is 13.6 Å². The van der Waals surface area contributed by atoms with E-state index in [9.17, 15) is 0 Å². The molecule has 0 aliphatic heterocycles. The molecule has 76 valence electrons. The number of nitrogens with zero attached hydrogens (tertiary/aromatic N) is 2. The van der Waals surface area contributed by atoms with Crippen molar-refractivity contribution >= 4 is 0 Å². The minimum Gasteiger partial charge on any atom is -0.337 e. The van der Waals surface area contributed by atoms with Crippen LogP contribution in [0.15, 0.2) is 12.4 Å². The Morgan fingerprint density at radius 1 is 1.71 bits per heavy atom. The number of aryl methyl sites for hydroxylation is 1. The normalized spacial score (nSPS) is 12.4. The van der Waals surface area contributed by atoms with Crippen LogP contribution in [0.5, 0.6) is 0 Å². The number of hydrogen-bond acceptors (Lipinski definition) is 2. The molecule has 0 spiro atoms. The van der Waals surface area contributed by atoms with E-state index < -0.39 is 0 Å². The van der Waals surface area contributed by atoms with Gasteiger partial charge in [-0.25, -0.2) is 4.98 Å². The number of nitrogens with one attached hydrogen (secondary N) is 1. The van der Waals surface area contributed by atoms with Crippen molar-refractivity contribution in [1.82, 2.24) is 14.9 Å². The molecule has 1 aromatic heterocycles. The largest absolute Gasteiger partial charge is 0.337 e. The van der Waals surface area contributed by atoms with Gasteiger partial charge >= 0.3 is 0 Å². The van der Waals surface area contributed by atoms with Gasteiger partial charge < -0.3 is 9.88 Å². The third kappa shape index (κ3) is 2.90. The summed E-state index contributed by atoms with van der Waals surface area (Å²) in [4.78, 5) is 4.23. The van der Waals surface area contributed by atoms with E-state index in [1.807, 2.05) is 17.8 Å². The second kappa shape index (κ2) is 5.46. The first-order chi connectivity index (χ1) is 6.77. The summed E-state index contributed by atoms with van der Waals surface area (Å²) in [6.45, 7) is 2.91. The summed E-state index contributed by atoms with van der Waals surface area (Å²) in [6.07, 6.45) is 10.9. The van der Waals surface area contributed by atoms with Crippen molar-refractivity contribution in [3.8, 4) is 12.3 Å². The van der Waals surface area contributed by atoms with Crippen LogP contribution in [0.2, 0.25) is 0 Å². The van der Waals surface area contributed by atoms with Gasteiger partial charge in [0, 0.05) is 31.9 Å². The lowest BCUT2D eigenvalue weighted by molar-refractivity contribution is 0.492. The molecule has 0 radical (unpaired) electrons. The van der Waals surface area contributed by atoms with Crippen molar-refractivity contribution in [2.45, 2.75) is 32.4 Å². The Hall–Kier alpha value is -1.27. The van der Waals surface area contributed by atoms with Gasteiger partial charge in [0.05, 0.1) is 6.54 Å². The second-order valence-corrected chi connectivity index (χ2v) is 3.35. The van der Waals surface area contributed by atoms with E-state index in [4.69, 9.17) is 6.42 Å². The average Bonchev–Trinajstić information content (AvgIpc) is 2.59. The lowest BCUT2D eigenvalue weighted by Crippen LogP contribution is -2.28. The Balaban J connectivity index is 2.40. The number of rotatable bonds is 5. The molecule has 1 heterocycles. The maximum Gasteiger partial charge on any atom is 0.122 e. The molecule has 1 atom stereocenters. The molecule has 3 heteroatoms. The highest BCUT2D eigenvalue weighted by Crippen LogP contribution is 1.99. The van der Waals surface area contributed by atoms with Crippen molar-refractivity contribution in [2.24, 2.45) is 7.05 Å². The average molecular weight is 191 g/mol. The fourth-order valence-electron chi connectivity index (χ4n) is 1.31. The van der Waals surface area contributed by atoms with Crippen LogP contribution in [0.3, 0.4) is 0 Å². The molecule has 0 amide bonds. The molecule has 1 unspecified atom stereocenters. The lowest BCUT2D eigenvalue weighted by atomic mass is 10.1. The first kappa shape index (κ1) is 10.8. The molecule has 14 heavy (non-hydrogen) atoms. The van der Waals surface area contributed by atoms with Crippen molar-refractivity contribution < 1.29 is 0 Å². The first-order valence-electron chi connectivity index (χ1n) is 4.91. The molecule has 3 nitrogen and oxygen atoms in total. The van der Waals surface area contributed by atoms with E-state index >= 15 is 0 Å². The van der Waals surface area contributed by atoms with Gasteiger partial charge in [-0.3, -0.25) is 0 Å². The van der Waals surface area contributed by atoms with Crippen molar-refractivity contribution in [2.75, 3.05) is 0 Å². The predicted octanol–water partition coefficient (Wildman–Crippen LogP) is 1.31. The van der Waals surface area contributed by atoms with E-state index in [0.29, 0.717) is 6.04 Å². The van der Waals surface area contributed by atoms with E-state index in [0.717, 1.165) is 25.2 Å². The maximum atomic E-state index is 5.27. The Kier molecular flexibility index (Phi) is 4.21. The van der Waals surface area contributed by atoms with Crippen LogP contribution < -0.4 is 5.32 Å². The zero-order chi connectivity index (χ0) is 10.4. The second-order valence-electron chi connectivity index (χ2n) is 3.35. The van der Waals surface area contributed by atoms with Crippen LogP contribution in [0.25, 0.3) is 0 Å². The smallest absolute Gasteiger partial charge is 0.122 e. The molecule has 1 N–H and O–H groups in total. The monoisotopic (exact) mass is 191 g/mol. The highest BCUT2D eigenvalue weighted by atomic mass is 15.1. The van der Waals surface area contributed by atoms with E-state index in [1.165, 1.54) is 0 Å². The molecule has 0 aliphatic rings. The molecule has 0 bridgehead atoms. The summed E-state index contributed by atoms with van der Waals surface area (Å²) in [5.41, 5.74) is 0. The molecular formula is C11H17N3. The molecule has 0 aliphatic carbocycles. The van der Waals surface area contributed by atoms with Crippen molar-refractivity contribution in [1.29, 1.82) is 0 Å². The van der Waals surface area contributed by atoms with Crippen LogP contribution >= 0.6 is 0 Å². The molecule has 0 aromatic carbocycles. The first-order valence-corrected chi connectivity index (χ1v) is 4.91. The highest BCUT2D eigenvalue weighted by Gasteiger charge is 2.05. The summed E-state index contributed by atoms with van der Waals surface area (Å²) >= 11 is 0. The topological polar surface area (TPSA) is 29.9 Å². The van der Waals surface area contributed by atoms with Crippen LogP contribution in [0.4, 0.5) is 0 Å². The van der Waals surface area contributed by atoms with Gasteiger partial charge in [0.25, 0.3) is 0 Å². The summed E-state index contributed by atoms with van der Waals surface area (Å²) in [7, 11) is 1.99.